The molecule has 0 aliphatic carbocycles. The molecule has 0 atom stereocenters. The molecule has 0 aliphatic heterocycles. The van der Waals surface area contributed by atoms with Gasteiger partial charge in [0.25, 0.3) is 0 Å². The number of alkyl halides is 1. The molecule has 1 amide bonds. The van der Waals surface area contributed by atoms with E-state index in [2.05, 4.69) is 5.32 Å². The first kappa shape index (κ1) is 13.6. The van der Waals surface area contributed by atoms with Gasteiger partial charge in [0.1, 0.15) is 17.2 Å². The molecular formula is C11H15ClN2O3. The summed E-state index contributed by atoms with van der Waals surface area (Å²) in [7, 11) is 0. The molecule has 0 fully saturated rings. The third kappa shape index (κ3) is 4.48. The zero-order valence-corrected chi connectivity index (χ0v) is 10.7. The van der Waals surface area contributed by atoms with E-state index in [1.54, 1.807) is 32.9 Å². The smallest absolute Gasteiger partial charge is 0.412 e. The first-order valence-corrected chi connectivity index (χ1v) is 5.63. The predicted molar refractivity (Wildman–Crippen MR) is 64.8 cm³/mol. The van der Waals surface area contributed by atoms with Gasteiger partial charge in [-0.15, -0.1) is 11.6 Å². The van der Waals surface area contributed by atoms with Crippen LogP contribution in [0, 0.1) is 5.21 Å². The highest BCUT2D eigenvalue weighted by Gasteiger charge is 2.17. The molecule has 1 aromatic heterocycles. The van der Waals surface area contributed by atoms with Crippen molar-refractivity contribution in [2.75, 3.05) is 5.32 Å². The van der Waals surface area contributed by atoms with Crippen LogP contribution in [-0.2, 0) is 10.6 Å². The number of carbonyl (C=O) groups excluding carboxylic acids is 1. The molecule has 1 heterocycles. The summed E-state index contributed by atoms with van der Waals surface area (Å²) in [6, 6.07) is 3.14. The highest BCUT2D eigenvalue weighted by molar-refractivity contribution is 6.16. The summed E-state index contributed by atoms with van der Waals surface area (Å²) < 4.78 is 5.66. The SMILES string of the molecule is CC(C)(C)OC(=O)Nc1ccc(CCl)[n+]([O-])c1. The molecule has 0 bridgehead atoms. The molecule has 1 rings (SSSR count). The van der Waals surface area contributed by atoms with Crippen LogP contribution in [0.2, 0.25) is 0 Å². The molecular weight excluding hydrogens is 244 g/mol. The van der Waals surface area contributed by atoms with Crippen LogP contribution < -0.4 is 10.0 Å². The van der Waals surface area contributed by atoms with Gasteiger partial charge in [-0.1, -0.05) is 0 Å². The number of aromatic nitrogens is 1. The molecule has 5 nitrogen and oxygen atoms in total. The molecule has 0 aliphatic rings. The second kappa shape index (κ2) is 5.23. The minimum atomic E-state index is -0.601. The second-order valence-corrected chi connectivity index (χ2v) is 4.76. The van der Waals surface area contributed by atoms with E-state index in [0.717, 1.165) is 0 Å². The molecule has 0 saturated carbocycles. The molecule has 0 spiro atoms. The van der Waals surface area contributed by atoms with E-state index in [1.165, 1.54) is 6.20 Å². The molecule has 0 radical (unpaired) electrons. The molecule has 1 N–H and O–H groups in total. The van der Waals surface area contributed by atoms with Crippen LogP contribution in [0.4, 0.5) is 10.5 Å². The fourth-order valence-electron chi connectivity index (χ4n) is 1.11. The molecule has 1 aromatic rings. The second-order valence-electron chi connectivity index (χ2n) is 4.50. The van der Waals surface area contributed by atoms with Gasteiger partial charge in [-0.3, -0.25) is 5.32 Å². The fraction of sp³-hybridized carbons (Fsp3) is 0.455. The maximum atomic E-state index is 11.4. The number of nitrogens with zero attached hydrogens (tertiary/aromatic N) is 1. The van der Waals surface area contributed by atoms with Crippen LogP contribution in [0.5, 0.6) is 0 Å². The van der Waals surface area contributed by atoms with Crippen LogP contribution in [0.15, 0.2) is 18.3 Å². The minimum Gasteiger partial charge on any atom is -0.618 e. The molecule has 0 aromatic carbocycles. The summed E-state index contributed by atoms with van der Waals surface area (Å²) >= 11 is 5.54. The Balaban J connectivity index is 2.69. The van der Waals surface area contributed by atoms with Gasteiger partial charge in [0.05, 0.1) is 0 Å². The van der Waals surface area contributed by atoms with Crippen molar-refractivity contribution in [3.8, 4) is 0 Å². The van der Waals surface area contributed by atoms with Crippen LogP contribution in [0.1, 0.15) is 26.5 Å². The van der Waals surface area contributed by atoms with Crippen LogP contribution in [0.3, 0.4) is 0 Å². The van der Waals surface area contributed by atoms with Gasteiger partial charge >= 0.3 is 6.09 Å². The first-order valence-electron chi connectivity index (χ1n) is 5.10. The van der Waals surface area contributed by atoms with Crippen molar-refractivity contribution in [3.63, 3.8) is 0 Å². The Morgan fingerprint density at radius 3 is 2.65 bits per heavy atom. The van der Waals surface area contributed by atoms with Crippen molar-refractivity contribution < 1.29 is 14.3 Å². The van der Waals surface area contributed by atoms with E-state index in [4.69, 9.17) is 16.3 Å². The maximum absolute atomic E-state index is 11.4. The Labute approximate surface area is 105 Å². The number of halogens is 1. The quantitative estimate of drug-likeness (QED) is 0.503. The molecule has 6 heteroatoms. The molecule has 0 saturated heterocycles. The lowest BCUT2D eigenvalue weighted by Crippen LogP contribution is -2.32. The van der Waals surface area contributed by atoms with Gasteiger partial charge < -0.3 is 9.94 Å². The number of ether oxygens (including phenoxy) is 1. The zero-order chi connectivity index (χ0) is 13.1. The number of carbonyl (C=O) groups is 1. The first-order chi connectivity index (χ1) is 7.81. The summed E-state index contributed by atoms with van der Waals surface area (Å²) in [4.78, 5) is 11.4. The Kier molecular flexibility index (Phi) is 4.17. The predicted octanol–water partition coefficient (Wildman–Crippen LogP) is 2.41. The van der Waals surface area contributed by atoms with Crippen molar-refractivity contribution in [1.82, 2.24) is 0 Å². The third-order valence-corrected chi connectivity index (χ3v) is 2.05. The monoisotopic (exact) mass is 258 g/mol. The van der Waals surface area contributed by atoms with E-state index in [1.807, 2.05) is 0 Å². The number of nitrogens with one attached hydrogen (secondary N) is 1. The van der Waals surface area contributed by atoms with Crippen LogP contribution in [0.25, 0.3) is 0 Å². The highest BCUT2D eigenvalue weighted by Crippen LogP contribution is 2.11. The standard InChI is InChI=1S/C11H15ClN2O3/c1-11(2,3)17-10(15)13-8-4-5-9(6-12)14(16)7-8/h4-5,7H,6H2,1-3H3,(H,13,15). The van der Waals surface area contributed by atoms with E-state index in [-0.39, 0.29) is 5.88 Å². The van der Waals surface area contributed by atoms with Crippen molar-refractivity contribution in [2.24, 2.45) is 0 Å². The maximum Gasteiger partial charge on any atom is 0.412 e. The normalized spacial score (nSPS) is 11.1. The minimum absolute atomic E-state index is 0.121. The Bertz CT molecular complexity index is 416. The van der Waals surface area contributed by atoms with Crippen molar-refractivity contribution in [1.29, 1.82) is 0 Å². The summed E-state index contributed by atoms with van der Waals surface area (Å²) in [6.45, 7) is 5.28. The van der Waals surface area contributed by atoms with Gasteiger partial charge in [-0.25, -0.2) is 4.79 Å². The zero-order valence-electron chi connectivity index (χ0n) is 9.99. The summed E-state index contributed by atoms with van der Waals surface area (Å²) in [5, 5.41) is 13.8. The molecule has 17 heavy (non-hydrogen) atoms. The lowest BCUT2D eigenvalue weighted by Gasteiger charge is -2.19. The van der Waals surface area contributed by atoms with Gasteiger partial charge in [0, 0.05) is 6.07 Å². The topological polar surface area (TPSA) is 65.3 Å². The van der Waals surface area contributed by atoms with Crippen molar-refractivity contribution in [2.45, 2.75) is 32.3 Å². The third-order valence-electron chi connectivity index (χ3n) is 1.78. The Hall–Kier alpha value is -1.49. The van der Waals surface area contributed by atoms with Gasteiger partial charge in [0.15, 0.2) is 0 Å². The van der Waals surface area contributed by atoms with E-state index in [0.29, 0.717) is 16.1 Å². The summed E-state index contributed by atoms with van der Waals surface area (Å²) in [6.07, 6.45) is 0.637. The van der Waals surface area contributed by atoms with Crippen LogP contribution in [-0.4, -0.2) is 11.7 Å². The average Bonchev–Trinajstić information content (AvgIpc) is 2.14. The van der Waals surface area contributed by atoms with E-state index in [9.17, 15) is 10.0 Å². The number of pyridine rings is 1. The summed E-state index contributed by atoms with van der Waals surface area (Å²) in [5.41, 5.74) is 0.206. The lowest BCUT2D eigenvalue weighted by atomic mass is 10.2. The average molecular weight is 259 g/mol. The van der Waals surface area contributed by atoms with Gasteiger partial charge in [0.2, 0.25) is 11.9 Å². The highest BCUT2D eigenvalue weighted by atomic mass is 35.5. The molecule has 94 valence electrons. The van der Waals surface area contributed by atoms with E-state index >= 15 is 0 Å². The summed E-state index contributed by atoms with van der Waals surface area (Å²) in [5.74, 6) is 0.121. The Morgan fingerprint density at radius 1 is 1.53 bits per heavy atom. The largest absolute Gasteiger partial charge is 0.618 e. The Morgan fingerprint density at radius 2 is 2.18 bits per heavy atom. The van der Waals surface area contributed by atoms with Crippen molar-refractivity contribution in [3.05, 3.63) is 29.2 Å². The van der Waals surface area contributed by atoms with Gasteiger partial charge in [-0.05, 0) is 26.8 Å². The number of anilines is 1. The lowest BCUT2D eigenvalue weighted by molar-refractivity contribution is -0.612. The molecule has 0 unspecified atom stereocenters. The van der Waals surface area contributed by atoms with E-state index < -0.39 is 11.7 Å². The van der Waals surface area contributed by atoms with Crippen molar-refractivity contribution >= 4 is 23.4 Å². The number of amides is 1. The number of rotatable bonds is 2. The van der Waals surface area contributed by atoms with Gasteiger partial charge in [-0.2, -0.15) is 4.73 Å². The number of hydrogen-bond acceptors (Lipinski definition) is 3. The number of hydrogen-bond donors (Lipinski definition) is 1. The van der Waals surface area contributed by atoms with Crippen LogP contribution >= 0.6 is 11.6 Å². The fourth-order valence-corrected chi connectivity index (χ4v) is 1.32.